The molecule has 10 heteroatoms. The Morgan fingerprint density at radius 3 is 2.97 bits per heavy atom. The fourth-order valence-electron chi connectivity index (χ4n) is 2.48. The van der Waals surface area contributed by atoms with Crippen molar-refractivity contribution in [2.45, 2.75) is 30.8 Å². The van der Waals surface area contributed by atoms with Gasteiger partial charge in [0.1, 0.15) is 11.9 Å². The van der Waals surface area contributed by atoms with Crippen LogP contribution in [-0.4, -0.2) is 41.9 Å². The molecule has 1 fully saturated rings. The molecule has 0 amide bonds. The number of thioether (sulfide) groups is 1. The van der Waals surface area contributed by atoms with Gasteiger partial charge in [0.05, 0.1) is 12.3 Å². The second kappa shape index (κ2) is 9.04. The van der Waals surface area contributed by atoms with Crippen LogP contribution < -0.4 is 10.1 Å². The summed E-state index contributed by atoms with van der Waals surface area (Å²) >= 11 is 2.85. The minimum atomic E-state index is -1.11. The lowest BCUT2D eigenvalue weighted by molar-refractivity contribution is 0.0897. The maximum atomic E-state index is 9.69. The monoisotopic (exact) mass is 431 g/mol. The van der Waals surface area contributed by atoms with Crippen molar-refractivity contribution in [3.05, 3.63) is 42.1 Å². The highest BCUT2D eigenvalue weighted by molar-refractivity contribution is 7.99. The SMILES string of the molecule is Cc1ncccc1Oc1cc(SCC2CC2)cnc1Nc1nc(C(O)CO)ns1. The second-order valence-corrected chi connectivity index (χ2v) is 8.59. The van der Waals surface area contributed by atoms with Gasteiger partial charge in [0.25, 0.3) is 0 Å². The molecule has 0 radical (unpaired) electrons. The Kier molecular flexibility index (Phi) is 6.24. The maximum Gasteiger partial charge on any atom is 0.208 e. The number of pyridine rings is 2. The van der Waals surface area contributed by atoms with Crippen molar-refractivity contribution >= 4 is 34.2 Å². The van der Waals surface area contributed by atoms with Crippen LogP contribution in [0.3, 0.4) is 0 Å². The van der Waals surface area contributed by atoms with Crippen LogP contribution in [0.5, 0.6) is 11.5 Å². The Balaban J connectivity index is 1.58. The third-order valence-corrected chi connectivity index (χ3v) is 6.17. The zero-order chi connectivity index (χ0) is 20.2. The van der Waals surface area contributed by atoms with E-state index in [2.05, 4.69) is 24.6 Å². The summed E-state index contributed by atoms with van der Waals surface area (Å²) in [6, 6.07) is 5.64. The first kappa shape index (κ1) is 20.0. The largest absolute Gasteiger partial charge is 0.452 e. The van der Waals surface area contributed by atoms with Crippen LogP contribution in [0.15, 0.2) is 35.5 Å². The van der Waals surface area contributed by atoms with E-state index in [0.717, 1.165) is 33.8 Å². The van der Waals surface area contributed by atoms with Crippen LogP contribution >= 0.6 is 23.3 Å². The van der Waals surface area contributed by atoms with E-state index >= 15 is 0 Å². The Morgan fingerprint density at radius 2 is 2.21 bits per heavy atom. The van der Waals surface area contributed by atoms with E-state index in [4.69, 9.17) is 9.84 Å². The summed E-state index contributed by atoms with van der Waals surface area (Å²) in [5, 5.41) is 22.3. The number of aromatic nitrogens is 4. The number of hydrogen-bond donors (Lipinski definition) is 3. The van der Waals surface area contributed by atoms with E-state index < -0.39 is 12.7 Å². The summed E-state index contributed by atoms with van der Waals surface area (Å²) in [6.07, 6.45) is 5.03. The number of nitrogens with one attached hydrogen (secondary N) is 1. The Labute approximate surface area is 176 Å². The predicted molar refractivity (Wildman–Crippen MR) is 112 cm³/mol. The van der Waals surface area contributed by atoms with Gasteiger partial charge in [-0.3, -0.25) is 4.98 Å². The summed E-state index contributed by atoms with van der Waals surface area (Å²) in [5.74, 6) is 3.75. The molecule has 0 aromatic carbocycles. The molecule has 1 aliphatic rings. The van der Waals surface area contributed by atoms with E-state index in [1.807, 2.05) is 31.3 Å². The summed E-state index contributed by atoms with van der Waals surface area (Å²) in [7, 11) is 0. The topological polar surface area (TPSA) is 113 Å². The Hall–Kier alpha value is -2.27. The molecule has 0 bridgehead atoms. The molecule has 0 spiro atoms. The van der Waals surface area contributed by atoms with Gasteiger partial charge in [-0.2, -0.15) is 4.37 Å². The fourth-order valence-corrected chi connectivity index (χ4v) is 4.17. The molecule has 1 unspecified atom stereocenters. The summed E-state index contributed by atoms with van der Waals surface area (Å²) < 4.78 is 10.2. The van der Waals surface area contributed by atoms with Crippen molar-refractivity contribution in [1.29, 1.82) is 0 Å². The van der Waals surface area contributed by atoms with Crippen molar-refractivity contribution in [3.8, 4) is 11.5 Å². The Morgan fingerprint density at radius 1 is 1.34 bits per heavy atom. The standard InChI is InChI=1S/C19H21N5O3S2/c1-11-15(3-2-6-20-11)27-16-7-13(28-10-12-4-5-12)8-21-18(16)23-19-22-17(24-29-19)14(26)9-25/h2-3,6-8,12,14,25-26H,4-5,9-10H2,1H3,(H,21,22,23,24). The van der Waals surface area contributed by atoms with Gasteiger partial charge in [0.15, 0.2) is 17.4 Å². The maximum absolute atomic E-state index is 9.69. The van der Waals surface area contributed by atoms with Crippen molar-refractivity contribution < 1.29 is 14.9 Å². The first-order valence-corrected chi connectivity index (χ1v) is 11.0. The van der Waals surface area contributed by atoms with Crippen LogP contribution in [0.25, 0.3) is 0 Å². The molecule has 29 heavy (non-hydrogen) atoms. The van der Waals surface area contributed by atoms with Gasteiger partial charge in [-0.1, -0.05) is 0 Å². The van der Waals surface area contributed by atoms with Crippen LogP contribution in [0.1, 0.15) is 30.5 Å². The van der Waals surface area contributed by atoms with Crippen LogP contribution in [0.4, 0.5) is 10.9 Å². The number of nitrogens with zero attached hydrogens (tertiary/aromatic N) is 4. The predicted octanol–water partition coefficient (Wildman–Crippen LogP) is 3.70. The number of aliphatic hydroxyl groups excluding tert-OH is 2. The molecule has 152 valence electrons. The average Bonchev–Trinajstić information content (AvgIpc) is 3.45. The number of rotatable bonds is 9. The molecule has 1 atom stereocenters. The van der Waals surface area contributed by atoms with E-state index in [1.54, 1.807) is 18.0 Å². The molecule has 3 aromatic rings. The van der Waals surface area contributed by atoms with Crippen molar-refractivity contribution in [1.82, 2.24) is 19.3 Å². The molecule has 3 N–H and O–H groups in total. The molecule has 1 saturated carbocycles. The van der Waals surface area contributed by atoms with Crippen LogP contribution in [0, 0.1) is 12.8 Å². The Bertz CT molecular complexity index is 980. The molecule has 0 saturated heterocycles. The highest BCUT2D eigenvalue weighted by Crippen LogP contribution is 2.38. The molecule has 3 aromatic heterocycles. The number of anilines is 2. The van der Waals surface area contributed by atoms with E-state index in [9.17, 15) is 5.11 Å². The van der Waals surface area contributed by atoms with Crippen molar-refractivity contribution in [3.63, 3.8) is 0 Å². The lowest BCUT2D eigenvalue weighted by atomic mass is 10.3. The summed E-state index contributed by atoms with van der Waals surface area (Å²) in [4.78, 5) is 14.0. The first-order chi connectivity index (χ1) is 14.1. The highest BCUT2D eigenvalue weighted by atomic mass is 32.2. The molecular formula is C19H21N5O3S2. The number of aryl methyl sites for hydroxylation is 1. The number of aliphatic hydroxyl groups is 2. The normalized spacial score (nSPS) is 14.6. The zero-order valence-corrected chi connectivity index (χ0v) is 17.4. The van der Waals surface area contributed by atoms with Gasteiger partial charge in [0, 0.05) is 34.6 Å². The smallest absolute Gasteiger partial charge is 0.208 e. The number of ether oxygens (including phenoxy) is 1. The van der Waals surface area contributed by atoms with E-state index in [0.29, 0.717) is 22.4 Å². The molecule has 4 rings (SSSR count). The zero-order valence-electron chi connectivity index (χ0n) is 15.8. The third-order valence-electron chi connectivity index (χ3n) is 4.33. The molecule has 1 aliphatic carbocycles. The van der Waals surface area contributed by atoms with Crippen LogP contribution in [0.2, 0.25) is 0 Å². The fraction of sp³-hybridized carbons (Fsp3) is 0.368. The van der Waals surface area contributed by atoms with Gasteiger partial charge in [-0.05, 0) is 43.9 Å². The quantitative estimate of drug-likeness (QED) is 0.436. The molecule has 3 heterocycles. The van der Waals surface area contributed by atoms with Gasteiger partial charge >= 0.3 is 0 Å². The van der Waals surface area contributed by atoms with E-state index in [1.165, 1.54) is 12.8 Å². The molecule has 8 nitrogen and oxygen atoms in total. The first-order valence-electron chi connectivity index (χ1n) is 9.24. The minimum absolute atomic E-state index is 0.169. The van der Waals surface area contributed by atoms with Gasteiger partial charge in [-0.25, -0.2) is 9.97 Å². The summed E-state index contributed by atoms with van der Waals surface area (Å²) in [6.45, 7) is 1.45. The van der Waals surface area contributed by atoms with Crippen LogP contribution in [-0.2, 0) is 0 Å². The molecule has 0 aliphatic heterocycles. The number of hydrogen-bond acceptors (Lipinski definition) is 10. The lowest BCUT2D eigenvalue weighted by Crippen LogP contribution is -2.04. The summed E-state index contributed by atoms with van der Waals surface area (Å²) in [5.41, 5.74) is 0.777. The minimum Gasteiger partial charge on any atom is -0.452 e. The van der Waals surface area contributed by atoms with E-state index in [-0.39, 0.29) is 5.82 Å². The third kappa shape index (κ3) is 5.21. The van der Waals surface area contributed by atoms with Gasteiger partial charge in [-0.15, -0.1) is 11.8 Å². The average molecular weight is 432 g/mol. The molecular weight excluding hydrogens is 410 g/mol. The van der Waals surface area contributed by atoms with Gasteiger partial charge in [0.2, 0.25) is 5.13 Å². The van der Waals surface area contributed by atoms with Gasteiger partial charge < -0.3 is 20.3 Å². The van der Waals surface area contributed by atoms with Crippen molar-refractivity contribution in [2.24, 2.45) is 5.92 Å². The second-order valence-electron chi connectivity index (χ2n) is 6.74. The highest BCUT2D eigenvalue weighted by Gasteiger charge is 2.22. The lowest BCUT2D eigenvalue weighted by Gasteiger charge is -2.13. The van der Waals surface area contributed by atoms with Crippen molar-refractivity contribution in [2.75, 3.05) is 17.7 Å².